The van der Waals surface area contributed by atoms with Gasteiger partial charge in [-0.05, 0) is 93.1 Å². The van der Waals surface area contributed by atoms with Gasteiger partial charge in [0.15, 0.2) is 0 Å². The van der Waals surface area contributed by atoms with Crippen LogP contribution in [0.4, 0.5) is 0 Å². The number of hydrogen-bond acceptors (Lipinski definition) is 3. The number of hydrogen-bond donors (Lipinski definition) is 3. The largest absolute Gasteiger partial charge is 0.393 e. The molecule has 3 heteroatoms. The Balaban J connectivity index is 1.66. The molecule has 0 radical (unpaired) electrons. The van der Waals surface area contributed by atoms with E-state index < -0.39 is 17.8 Å². The van der Waals surface area contributed by atoms with Crippen molar-refractivity contribution < 1.29 is 15.3 Å². The fourth-order valence-corrected chi connectivity index (χ4v) is 6.90. The fraction of sp³-hybridized carbons (Fsp3) is 0.786. The van der Waals surface area contributed by atoms with Crippen LogP contribution in [-0.2, 0) is 0 Å². The summed E-state index contributed by atoms with van der Waals surface area (Å²) in [6.07, 6.45) is 15.2. The molecule has 3 nitrogen and oxygen atoms in total. The lowest BCUT2D eigenvalue weighted by Gasteiger charge is -2.44. The zero-order valence-corrected chi connectivity index (χ0v) is 20.4. The van der Waals surface area contributed by atoms with Gasteiger partial charge in [0.2, 0.25) is 0 Å². The first-order chi connectivity index (χ1) is 14.5. The van der Waals surface area contributed by atoms with Crippen LogP contribution in [0, 0.1) is 23.2 Å². The Morgan fingerprint density at radius 3 is 2.65 bits per heavy atom. The highest BCUT2D eigenvalue weighted by molar-refractivity contribution is 5.38. The maximum Gasteiger partial charge on any atom is 0.0811 e. The molecule has 0 aliphatic heterocycles. The van der Waals surface area contributed by atoms with Gasteiger partial charge in [-0.25, -0.2) is 0 Å². The van der Waals surface area contributed by atoms with Crippen molar-refractivity contribution in [3.8, 4) is 0 Å². The maximum atomic E-state index is 10.1. The summed E-state index contributed by atoms with van der Waals surface area (Å²) >= 11 is 0. The predicted octanol–water partition coefficient (Wildman–Crippen LogP) is 6.09. The van der Waals surface area contributed by atoms with E-state index in [1.54, 1.807) is 5.57 Å². The number of allylic oxidation sites excluding steroid dienone is 3. The number of fused-ring (bicyclic) bond motifs is 1. The van der Waals surface area contributed by atoms with Crippen molar-refractivity contribution in [3.05, 3.63) is 35.5 Å². The van der Waals surface area contributed by atoms with Crippen molar-refractivity contribution in [3.63, 3.8) is 0 Å². The third kappa shape index (κ3) is 5.92. The molecule has 0 amide bonds. The van der Waals surface area contributed by atoms with E-state index in [1.165, 1.54) is 44.9 Å². The number of aliphatic hydroxyl groups excluding tert-OH is 2. The van der Waals surface area contributed by atoms with E-state index >= 15 is 0 Å². The Labute approximate surface area is 190 Å². The number of aliphatic hydroxyl groups is 3. The Morgan fingerprint density at radius 2 is 1.94 bits per heavy atom. The predicted molar refractivity (Wildman–Crippen MR) is 129 cm³/mol. The molecule has 0 heterocycles. The zero-order valence-electron chi connectivity index (χ0n) is 20.4. The molecule has 0 aromatic rings. The molecule has 0 bridgehead atoms. The second kappa shape index (κ2) is 9.93. The van der Waals surface area contributed by atoms with Crippen molar-refractivity contribution >= 4 is 0 Å². The van der Waals surface area contributed by atoms with Gasteiger partial charge in [0.05, 0.1) is 17.8 Å². The van der Waals surface area contributed by atoms with Gasteiger partial charge in [0, 0.05) is 6.42 Å². The van der Waals surface area contributed by atoms with Crippen molar-refractivity contribution in [2.75, 3.05) is 0 Å². The van der Waals surface area contributed by atoms with E-state index in [0.29, 0.717) is 24.2 Å². The molecule has 3 aliphatic carbocycles. The van der Waals surface area contributed by atoms with Gasteiger partial charge in [-0.3, -0.25) is 0 Å². The summed E-state index contributed by atoms with van der Waals surface area (Å²) in [5.74, 6) is 2.18. The normalized spacial score (nSPS) is 38.0. The molecule has 0 aromatic carbocycles. The Morgan fingerprint density at radius 1 is 1.19 bits per heavy atom. The van der Waals surface area contributed by atoms with E-state index in [9.17, 15) is 15.3 Å². The molecular formula is C28H46O3. The van der Waals surface area contributed by atoms with Gasteiger partial charge >= 0.3 is 0 Å². The van der Waals surface area contributed by atoms with Crippen molar-refractivity contribution in [1.29, 1.82) is 0 Å². The highest BCUT2D eigenvalue weighted by atomic mass is 16.3. The minimum absolute atomic E-state index is 0.390. The molecule has 3 saturated carbocycles. The summed E-state index contributed by atoms with van der Waals surface area (Å²) in [6, 6.07) is 0. The fourth-order valence-electron chi connectivity index (χ4n) is 6.90. The molecule has 3 fully saturated rings. The first kappa shape index (κ1) is 24.7. The zero-order chi connectivity index (χ0) is 22.8. The van der Waals surface area contributed by atoms with Gasteiger partial charge in [-0.15, -0.1) is 0 Å². The number of unbranched alkanes of at least 4 members (excludes halogenated alkanes) is 1. The smallest absolute Gasteiger partial charge is 0.0811 e. The Kier molecular flexibility index (Phi) is 7.92. The van der Waals surface area contributed by atoms with Crippen LogP contribution in [0.1, 0.15) is 98.3 Å². The van der Waals surface area contributed by atoms with Crippen LogP contribution >= 0.6 is 0 Å². The van der Waals surface area contributed by atoms with E-state index in [1.807, 2.05) is 13.8 Å². The summed E-state index contributed by atoms with van der Waals surface area (Å²) in [4.78, 5) is 0. The topological polar surface area (TPSA) is 60.7 Å². The molecule has 0 aromatic heterocycles. The van der Waals surface area contributed by atoms with Gasteiger partial charge in [0.25, 0.3) is 0 Å². The lowest BCUT2D eigenvalue weighted by Crippen LogP contribution is -2.36. The first-order valence-corrected chi connectivity index (χ1v) is 12.7. The summed E-state index contributed by atoms with van der Waals surface area (Å²) in [5.41, 5.74) is 3.22. The average Bonchev–Trinajstić information content (AvgIpc) is 3.03. The summed E-state index contributed by atoms with van der Waals surface area (Å²) in [7, 11) is 0. The second-order valence-corrected chi connectivity index (χ2v) is 11.7. The lowest BCUT2D eigenvalue weighted by molar-refractivity contribution is 0.0650. The molecule has 176 valence electrons. The van der Waals surface area contributed by atoms with Crippen molar-refractivity contribution in [1.82, 2.24) is 0 Å². The SMILES string of the molecule is C=C1/C(=C\C=C2/CCC[C@@]3(C)C2CC[C@@H]3[C@H](C)CCCCC(C)(C)O)C[C@@H](O)C[C@@H]1O. The van der Waals surface area contributed by atoms with Crippen molar-refractivity contribution in [2.24, 2.45) is 23.2 Å². The quantitative estimate of drug-likeness (QED) is 0.428. The van der Waals surface area contributed by atoms with Gasteiger partial charge in [0.1, 0.15) is 0 Å². The van der Waals surface area contributed by atoms with Gasteiger partial charge < -0.3 is 15.3 Å². The minimum atomic E-state index is -0.613. The molecule has 3 aliphatic rings. The van der Waals surface area contributed by atoms with Crippen LogP contribution < -0.4 is 0 Å². The van der Waals surface area contributed by atoms with E-state index in [2.05, 4.69) is 32.6 Å². The summed E-state index contributed by atoms with van der Waals surface area (Å²) in [6.45, 7) is 12.9. The van der Waals surface area contributed by atoms with Crippen LogP contribution in [0.25, 0.3) is 0 Å². The highest BCUT2D eigenvalue weighted by Crippen LogP contribution is 2.60. The molecule has 3 N–H and O–H groups in total. The molecule has 6 atom stereocenters. The molecule has 1 unspecified atom stereocenters. The molecule has 0 saturated heterocycles. The lowest BCUT2D eigenvalue weighted by atomic mass is 9.60. The van der Waals surface area contributed by atoms with Crippen LogP contribution in [0.15, 0.2) is 35.5 Å². The van der Waals surface area contributed by atoms with Crippen molar-refractivity contribution in [2.45, 2.75) is 116 Å². The second-order valence-electron chi connectivity index (χ2n) is 11.7. The van der Waals surface area contributed by atoms with Crippen LogP contribution in [0.2, 0.25) is 0 Å². The van der Waals surface area contributed by atoms with Crippen LogP contribution in [0.5, 0.6) is 0 Å². The Hall–Kier alpha value is -0.900. The summed E-state index contributed by atoms with van der Waals surface area (Å²) in [5, 5.41) is 30.2. The van der Waals surface area contributed by atoms with E-state index in [0.717, 1.165) is 35.8 Å². The van der Waals surface area contributed by atoms with Crippen LogP contribution in [-0.4, -0.2) is 33.1 Å². The third-order valence-electron chi connectivity index (χ3n) is 8.69. The van der Waals surface area contributed by atoms with E-state index in [4.69, 9.17) is 0 Å². The van der Waals surface area contributed by atoms with E-state index in [-0.39, 0.29) is 0 Å². The first-order valence-electron chi connectivity index (χ1n) is 12.7. The monoisotopic (exact) mass is 430 g/mol. The van der Waals surface area contributed by atoms with Crippen LogP contribution in [0.3, 0.4) is 0 Å². The summed E-state index contributed by atoms with van der Waals surface area (Å²) < 4.78 is 0. The molecule has 3 rings (SSSR count). The standard InChI is InChI=1S/C28H46O3/c1-19(9-6-7-15-27(3,4)31)24-13-14-25-21(10-8-16-28(24,25)5)11-12-22-17-23(29)18-26(30)20(22)2/h11-12,19,23-26,29-31H,2,6-10,13-18H2,1,3-5H3/b21-11+,22-12-/t19-,23-,24-,25?,26+,28-/m1/s1. The minimum Gasteiger partial charge on any atom is -0.393 e. The number of rotatable bonds is 7. The molecule has 31 heavy (non-hydrogen) atoms. The van der Waals surface area contributed by atoms with Gasteiger partial charge in [-0.2, -0.15) is 0 Å². The maximum absolute atomic E-state index is 10.1. The molecule has 0 spiro atoms. The highest BCUT2D eigenvalue weighted by Gasteiger charge is 2.50. The Bertz CT molecular complexity index is 698. The van der Waals surface area contributed by atoms with Gasteiger partial charge in [-0.1, -0.05) is 57.4 Å². The molecular weight excluding hydrogens is 384 g/mol. The third-order valence-corrected chi connectivity index (χ3v) is 8.69. The average molecular weight is 431 g/mol.